The van der Waals surface area contributed by atoms with Gasteiger partial charge in [-0.15, -0.1) is 0 Å². The van der Waals surface area contributed by atoms with E-state index in [1.807, 2.05) is 51.6 Å². The van der Waals surface area contributed by atoms with Crippen LogP contribution in [0.4, 0.5) is 0 Å². The summed E-state index contributed by atoms with van der Waals surface area (Å²) in [6, 6.07) is 7.52. The van der Waals surface area contributed by atoms with Gasteiger partial charge in [0.05, 0.1) is 19.3 Å². The summed E-state index contributed by atoms with van der Waals surface area (Å²) in [6.07, 6.45) is 3.54. The van der Waals surface area contributed by atoms with E-state index in [1.54, 1.807) is 25.0 Å². The number of carbonyl (C=O) groups is 1. The van der Waals surface area contributed by atoms with Crippen LogP contribution >= 0.6 is 0 Å². The van der Waals surface area contributed by atoms with E-state index in [2.05, 4.69) is 20.6 Å². The Kier molecular flexibility index (Phi) is 6.55. The van der Waals surface area contributed by atoms with Crippen molar-refractivity contribution in [3.8, 4) is 5.75 Å². The first-order valence-corrected chi connectivity index (χ1v) is 8.20. The Bertz CT molecular complexity index is 698. The fourth-order valence-electron chi connectivity index (χ4n) is 2.79. The third kappa shape index (κ3) is 4.80. The molecule has 1 aromatic heterocycles. The number of aromatic nitrogens is 2. The highest BCUT2D eigenvalue weighted by molar-refractivity contribution is 5.83. The van der Waals surface area contributed by atoms with Crippen LogP contribution in [-0.4, -0.2) is 55.4 Å². The van der Waals surface area contributed by atoms with Gasteiger partial charge in [-0.2, -0.15) is 5.10 Å². The van der Waals surface area contributed by atoms with E-state index < -0.39 is 6.04 Å². The van der Waals surface area contributed by atoms with E-state index in [-0.39, 0.29) is 11.9 Å². The monoisotopic (exact) mass is 345 g/mol. The summed E-state index contributed by atoms with van der Waals surface area (Å²) in [5.74, 6) is 0.726. The van der Waals surface area contributed by atoms with Gasteiger partial charge in [0, 0.05) is 25.4 Å². The maximum absolute atomic E-state index is 12.6. The molecule has 7 heteroatoms. The smallest absolute Gasteiger partial charge is 0.241 e. The van der Waals surface area contributed by atoms with Crippen LogP contribution in [0.2, 0.25) is 0 Å². The summed E-state index contributed by atoms with van der Waals surface area (Å²) in [5.41, 5.74) is 1.93. The van der Waals surface area contributed by atoms with Crippen molar-refractivity contribution in [2.24, 2.45) is 7.05 Å². The Morgan fingerprint density at radius 2 is 2.12 bits per heavy atom. The molecule has 1 aromatic carbocycles. The van der Waals surface area contributed by atoms with Gasteiger partial charge < -0.3 is 20.3 Å². The minimum Gasteiger partial charge on any atom is -0.497 e. The molecule has 0 saturated heterocycles. The molecule has 0 aliphatic carbocycles. The Labute approximate surface area is 149 Å². The van der Waals surface area contributed by atoms with Gasteiger partial charge in [-0.1, -0.05) is 12.1 Å². The highest BCUT2D eigenvalue weighted by Gasteiger charge is 2.22. The van der Waals surface area contributed by atoms with Crippen molar-refractivity contribution in [1.29, 1.82) is 0 Å². The van der Waals surface area contributed by atoms with Crippen LogP contribution in [0.25, 0.3) is 0 Å². The number of rotatable bonds is 8. The van der Waals surface area contributed by atoms with Crippen molar-refractivity contribution < 1.29 is 9.53 Å². The Hall–Kier alpha value is -2.38. The van der Waals surface area contributed by atoms with Crippen molar-refractivity contribution in [1.82, 2.24) is 25.3 Å². The second-order valence-electron chi connectivity index (χ2n) is 6.17. The van der Waals surface area contributed by atoms with Crippen LogP contribution in [0.5, 0.6) is 5.75 Å². The number of nitrogens with zero attached hydrogens (tertiary/aromatic N) is 3. The average molecular weight is 345 g/mol. The number of amides is 1. The van der Waals surface area contributed by atoms with Crippen LogP contribution in [0.1, 0.15) is 23.2 Å². The lowest BCUT2D eigenvalue weighted by Gasteiger charge is -2.26. The largest absolute Gasteiger partial charge is 0.497 e. The van der Waals surface area contributed by atoms with Gasteiger partial charge >= 0.3 is 0 Å². The molecule has 1 heterocycles. The lowest BCUT2D eigenvalue weighted by atomic mass is 10.0. The molecule has 0 spiro atoms. The number of hydrogen-bond acceptors (Lipinski definition) is 5. The van der Waals surface area contributed by atoms with Crippen molar-refractivity contribution in [3.05, 3.63) is 47.8 Å². The number of carbonyl (C=O) groups excluding carboxylic acids is 1. The molecule has 7 nitrogen and oxygen atoms in total. The number of benzene rings is 1. The molecule has 25 heavy (non-hydrogen) atoms. The molecule has 136 valence electrons. The van der Waals surface area contributed by atoms with E-state index in [0.29, 0.717) is 6.54 Å². The maximum Gasteiger partial charge on any atom is 0.241 e. The predicted molar refractivity (Wildman–Crippen MR) is 97.4 cm³/mol. The molecular formula is C18H27N5O2. The zero-order valence-corrected chi connectivity index (χ0v) is 15.5. The van der Waals surface area contributed by atoms with E-state index >= 15 is 0 Å². The summed E-state index contributed by atoms with van der Waals surface area (Å²) in [5, 5.41) is 10.2. The molecule has 0 aliphatic rings. The topological polar surface area (TPSA) is 71.4 Å². The first kappa shape index (κ1) is 19.0. The number of likely N-dealkylation sites (N-methyl/N-ethyl adjacent to an activating group) is 2. The number of methoxy groups -OCH3 is 1. The molecule has 2 N–H and O–H groups in total. The van der Waals surface area contributed by atoms with E-state index in [4.69, 9.17) is 4.74 Å². The third-order valence-electron chi connectivity index (χ3n) is 4.18. The zero-order valence-electron chi connectivity index (χ0n) is 15.5. The Morgan fingerprint density at radius 3 is 2.68 bits per heavy atom. The van der Waals surface area contributed by atoms with E-state index in [9.17, 15) is 4.79 Å². The van der Waals surface area contributed by atoms with Gasteiger partial charge in [-0.3, -0.25) is 9.48 Å². The van der Waals surface area contributed by atoms with Gasteiger partial charge in [0.1, 0.15) is 11.8 Å². The van der Waals surface area contributed by atoms with E-state index in [0.717, 1.165) is 16.9 Å². The molecule has 0 aliphatic heterocycles. The Morgan fingerprint density at radius 1 is 1.36 bits per heavy atom. The highest BCUT2D eigenvalue weighted by atomic mass is 16.5. The average Bonchev–Trinajstić information content (AvgIpc) is 3.01. The lowest BCUT2D eigenvalue weighted by molar-refractivity contribution is -0.123. The van der Waals surface area contributed by atoms with Crippen LogP contribution in [-0.2, 0) is 11.8 Å². The molecule has 2 atom stereocenters. The standard InChI is InChI=1S/C18H27N5O2/c1-19-17(14-10-21-23(4)12-14)18(24)20-11-16(22(2)3)13-7-6-8-15(9-13)25-5/h6-10,12,16-17,19H,11H2,1-5H3,(H,20,24). The fourth-order valence-corrected chi connectivity index (χ4v) is 2.79. The third-order valence-corrected chi connectivity index (χ3v) is 4.18. The second kappa shape index (κ2) is 8.64. The molecule has 2 aromatic rings. The minimum absolute atomic E-state index is 0.0467. The number of aryl methyl sites for hydroxylation is 1. The molecule has 1 amide bonds. The number of nitrogens with one attached hydrogen (secondary N) is 2. The first-order valence-electron chi connectivity index (χ1n) is 8.20. The molecule has 0 radical (unpaired) electrons. The summed E-state index contributed by atoms with van der Waals surface area (Å²) < 4.78 is 6.99. The van der Waals surface area contributed by atoms with E-state index in [1.165, 1.54) is 0 Å². The minimum atomic E-state index is -0.429. The van der Waals surface area contributed by atoms with Crippen LogP contribution in [0.3, 0.4) is 0 Å². The zero-order chi connectivity index (χ0) is 18.4. The molecular weight excluding hydrogens is 318 g/mol. The van der Waals surface area contributed by atoms with Crippen LogP contribution < -0.4 is 15.4 Å². The second-order valence-corrected chi connectivity index (χ2v) is 6.17. The van der Waals surface area contributed by atoms with Gasteiger partial charge in [0.2, 0.25) is 5.91 Å². The van der Waals surface area contributed by atoms with Crippen LogP contribution in [0.15, 0.2) is 36.7 Å². The molecule has 0 fully saturated rings. The summed E-state index contributed by atoms with van der Waals surface area (Å²) >= 11 is 0. The molecule has 2 unspecified atom stereocenters. The highest BCUT2D eigenvalue weighted by Crippen LogP contribution is 2.22. The van der Waals surface area contributed by atoms with Crippen molar-refractivity contribution in [3.63, 3.8) is 0 Å². The van der Waals surface area contributed by atoms with Crippen molar-refractivity contribution in [2.75, 3.05) is 34.8 Å². The summed E-state index contributed by atoms with van der Waals surface area (Å²) in [4.78, 5) is 14.7. The molecule has 0 bridgehead atoms. The summed E-state index contributed by atoms with van der Waals surface area (Å²) in [6.45, 7) is 0.497. The molecule has 2 rings (SSSR count). The first-order chi connectivity index (χ1) is 12.0. The number of hydrogen-bond donors (Lipinski definition) is 2. The normalized spacial score (nSPS) is 13.5. The SMILES string of the molecule is CNC(C(=O)NCC(c1cccc(OC)c1)N(C)C)c1cnn(C)c1. The fraction of sp³-hybridized carbons (Fsp3) is 0.444. The maximum atomic E-state index is 12.6. The molecule has 0 saturated carbocycles. The van der Waals surface area contributed by atoms with Crippen molar-refractivity contribution in [2.45, 2.75) is 12.1 Å². The van der Waals surface area contributed by atoms with Crippen molar-refractivity contribution >= 4 is 5.91 Å². The quantitative estimate of drug-likeness (QED) is 0.750. The Balaban J connectivity index is 2.08. The van der Waals surface area contributed by atoms with Gasteiger partial charge in [0.25, 0.3) is 0 Å². The predicted octanol–water partition coefficient (Wildman–Crippen LogP) is 1.11. The lowest BCUT2D eigenvalue weighted by Crippen LogP contribution is -2.40. The van der Waals surface area contributed by atoms with Gasteiger partial charge in [-0.25, -0.2) is 0 Å². The summed E-state index contributed by atoms with van der Waals surface area (Å²) in [7, 11) is 9.23. The van der Waals surface area contributed by atoms with Gasteiger partial charge in [0.15, 0.2) is 0 Å². The van der Waals surface area contributed by atoms with Crippen LogP contribution in [0, 0.1) is 0 Å². The number of ether oxygens (including phenoxy) is 1. The van der Waals surface area contributed by atoms with Gasteiger partial charge in [-0.05, 0) is 38.8 Å².